The van der Waals surface area contributed by atoms with E-state index in [9.17, 15) is 4.79 Å². The summed E-state index contributed by atoms with van der Waals surface area (Å²) in [4.78, 5) is 18.9. The molecule has 0 aromatic carbocycles. The van der Waals surface area contributed by atoms with Gasteiger partial charge in [0.1, 0.15) is 0 Å². The van der Waals surface area contributed by atoms with Crippen LogP contribution in [0, 0.1) is 6.92 Å². The third kappa shape index (κ3) is 2.06. The first-order valence-electron chi connectivity index (χ1n) is 4.78. The molecule has 0 unspecified atom stereocenters. The molecule has 0 atom stereocenters. The minimum absolute atomic E-state index is 0.167. The summed E-state index contributed by atoms with van der Waals surface area (Å²) in [5, 5.41) is 8.84. The van der Waals surface area contributed by atoms with Gasteiger partial charge in [0.05, 0.1) is 11.3 Å². The molecule has 0 aliphatic carbocycles. The van der Waals surface area contributed by atoms with Crippen molar-refractivity contribution in [3.8, 4) is 11.3 Å². The summed E-state index contributed by atoms with van der Waals surface area (Å²) < 4.78 is 0. The zero-order valence-electron chi connectivity index (χ0n) is 8.71. The Hall–Kier alpha value is -2.23. The van der Waals surface area contributed by atoms with E-state index in [1.807, 2.05) is 19.1 Å². The molecule has 80 valence electrons. The van der Waals surface area contributed by atoms with Crippen LogP contribution in [0.5, 0.6) is 0 Å². The number of hydrogen-bond donors (Lipinski definition) is 1. The summed E-state index contributed by atoms with van der Waals surface area (Å²) in [5.74, 6) is -0.985. The van der Waals surface area contributed by atoms with Gasteiger partial charge in [-0.1, -0.05) is 6.07 Å². The highest BCUT2D eigenvalue weighted by Crippen LogP contribution is 2.16. The largest absolute Gasteiger partial charge is 0.478 e. The van der Waals surface area contributed by atoms with E-state index in [0.717, 1.165) is 11.3 Å². The van der Waals surface area contributed by atoms with Gasteiger partial charge in [-0.2, -0.15) is 0 Å². The lowest BCUT2D eigenvalue weighted by Gasteiger charge is -2.01. The number of pyridine rings is 2. The highest BCUT2D eigenvalue weighted by molar-refractivity contribution is 5.88. The number of carboxylic acid groups (broad SMARTS) is 1. The molecule has 0 aliphatic rings. The smallest absolute Gasteiger partial charge is 0.337 e. The maximum atomic E-state index is 10.8. The van der Waals surface area contributed by atoms with Gasteiger partial charge in [-0.05, 0) is 24.6 Å². The van der Waals surface area contributed by atoms with Crippen molar-refractivity contribution in [3.05, 3.63) is 47.9 Å². The van der Waals surface area contributed by atoms with Gasteiger partial charge >= 0.3 is 5.97 Å². The molecular weight excluding hydrogens is 204 g/mol. The quantitative estimate of drug-likeness (QED) is 0.831. The van der Waals surface area contributed by atoms with Crippen LogP contribution in [0.25, 0.3) is 11.3 Å². The summed E-state index contributed by atoms with van der Waals surface area (Å²) in [6.07, 6.45) is 4.66. The van der Waals surface area contributed by atoms with Gasteiger partial charge in [0.2, 0.25) is 0 Å². The van der Waals surface area contributed by atoms with E-state index in [-0.39, 0.29) is 5.56 Å². The Morgan fingerprint density at radius 3 is 2.69 bits per heavy atom. The molecule has 0 radical (unpaired) electrons. The van der Waals surface area contributed by atoms with E-state index in [4.69, 9.17) is 5.11 Å². The Balaban J connectivity index is 2.44. The lowest BCUT2D eigenvalue weighted by molar-refractivity contribution is 0.0696. The van der Waals surface area contributed by atoms with Crippen LogP contribution in [-0.4, -0.2) is 21.0 Å². The van der Waals surface area contributed by atoms with Crippen molar-refractivity contribution in [1.29, 1.82) is 0 Å². The van der Waals surface area contributed by atoms with Gasteiger partial charge in [0, 0.05) is 24.2 Å². The summed E-state index contributed by atoms with van der Waals surface area (Å²) in [5.41, 5.74) is 2.66. The average molecular weight is 214 g/mol. The molecule has 0 saturated heterocycles. The van der Waals surface area contributed by atoms with Crippen LogP contribution in [0.2, 0.25) is 0 Å². The number of aromatic carboxylic acids is 1. The first-order chi connectivity index (χ1) is 7.66. The van der Waals surface area contributed by atoms with Crippen LogP contribution in [0.4, 0.5) is 0 Å². The van der Waals surface area contributed by atoms with E-state index in [1.54, 1.807) is 18.5 Å². The molecule has 0 saturated carbocycles. The standard InChI is InChI=1S/C12H10N2O2/c1-8-2-3-11(14-5-8)9-4-10(12(15)16)7-13-6-9/h2-7H,1H3,(H,15,16). The van der Waals surface area contributed by atoms with Crippen molar-refractivity contribution in [1.82, 2.24) is 9.97 Å². The van der Waals surface area contributed by atoms with Crippen molar-refractivity contribution in [2.45, 2.75) is 6.92 Å². The topological polar surface area (TPSA) is 63.1 Å². The molecule has 0 amide bonds. The molecule has 0 fully saturated rings. The van der Waals surface area contributed by atoms with Crippen LogP contribution in [0.3, 0.4) is 0 Å². The number of hydrogen-bond acceptors (Lipinski definition) is 3. The molecule has 0 spiro atoms. The minimum atomic E-state index is -0.985. The van der Waals surface area contributed by atoms with E-state index in [1.165, 1.54) is 6.20 Å². The molecule has 2 aromatic heterocycles. The van der Waals surface area contributed by atoms with Gasteiger partial charge in [-0.3, -0.25) is 9.97 Å². The number of rotatable bonds is 2. The molecule has 0 aliphatic heterocycles. The summed E-state index contributed by atoms with van der Waals surface area (Å²) in [6, 6.07) is 5.33. The number of aryl methyl sites for hydroxylation is 1. The summed E-state index contributed by atoms with van der Waals surface area (Å²) in [6.45, 7) is 1.95. The Kier molecular flexibility index (Phi) is 2.64. The van der Waals surface area contributed by atoms with Gasteiger partial charge in [-0.25, -0.2) is 4.79 Å². The van der Waals surface area contributed by atoms with Crippen molar-refractivity contribution in [2.24, 2.45) is 0 Å². The van der Waals surface area contributed by atoms with Crippen LogP contribution < -0.4 is 0 Å². The molecule has 16 heavy (non-hydrogen) atoms. The molecule has 0 bridgehead atoms. The van der Waals surface area contributed by atoms with Crippen molar-refractivity contribution in [3.63, 3.8) is 0 Å². The third-order valence-electron chi connectivity index (χ3n) is 2.19. The van der Waals surface area contributed by atoms with Crippen molar-refractivity contribution < 1.29 is 9.90 Å². The lowest BCUT2D eigenvalue weighted by Crippen LogP contribution is -1.97. The Morgan fingerprint density at radius 1 is 1.25 bits per heavy atom. The molecule has 4 heteroatoms. The highest BCUT2D eigenvalue weighted by Gasteiger charge is 2.06. The second-order valence-electron chi connectivity index (χ2n) is 3.49. The van der Waals surface area contributed by atoms with Crippen molar-refractivity contribution >= 4 is 5.97 Å². The van der Waals surface area contributed by atoms with Crippen molar-refractivity contribution in [2.75, 3.05) is 0 Å². The highest BCUT2D eigenvalue weighted by atomic mass is 16.4. The average Bonchev–Trinajstić information content (AvgIpc) is 2.30. The van der Waals surface area contributed by atoms with E-state index >= 15 is 0 Å². The predicted octanol–water partition coefficient (Wildman–Crippen LogP) is 2.15. The lowest BCUT2D eigenvalue weighted by atomic mass is 10.1. The fourth-order valence-corrected chi connectivity index (χ4v) is 1.34. The Morgan fingerprint density at radius 2 is 2.06 bits per heavy atom. The molecule has 2 rings (SSSR count). The number of nitrogens with zero attached hydrogens (tertiary/aromatic N) is 2. The van der Waals surface area contributed by atoms with Gasteiger partial charge in [-0.15, -0.1) is 0 Å². The van der Waals surface area contributed by atoms with E-state index < -0.39 is 5.97 Å². The molecular formula is C12H10N2O2. The summed E-state index contributed by atoms with van der Waals surface area (Å²) in [7, 11) is 0. The second-order valence-corrected chi connectivity index (χ2v) is 3.49. The Labute approximate surface area is 92.6 Å². The fourth-order valence-electron chi connectivity index (χ4n) is 1.34. The molecule has 1 N–H and O–H groups in total. The Bertz CT molecular complexity index is 521. The number of aromatic nitrogens is 2. The van der Waals surface area contributed by atoms with Gasteiger partial charge < -0.3 is 5.11 Å². The zero-order chi connectivity index (χ0) is 11.5. The van der Waals surface area contributed by atoms with E-state index in [0.29, 0.717) is 5.56 Å². The van der Waals surface area contributed by atoms with Crippen LogP contribution in [-0.2, 0) is 0 Å². The van der Waals surface area contributed by atoms with Gasteiger partial charge in [0.15, 0.2) is 0 Å². The minimum Gasteiger partial charge on any atom is -0.478 e. The van der Waals surface area contributed by atoms with Crippen LogP contribution in [0.15, 0.2) is 36.8 Å². The first kappa shape index (κ1) is 10.3. The zero-order valence-corrected chi connectivity index (χ0v) is 8.71. The first-order valence-corrected chi connectivity index (χ1v) is 4.78. The second kappa shape index (κ2) is 4.10. The maximum Gasteiger partial charge on any atom is 0.337 e. The number of carboxylic acids is 1. The monoisotopic (exact) mass is 214 g/mol. The predicted molar refractivity (Wildman–Crippen MR) is 59.2 cm³/mol. The van der Waals surface area contributed by atoms with Crippen LogP contribution >= 0.6 is 0 Å². The number of carbonyl (C=O) groups is 1. The SMILES string of the molecule is Cc1ccc(-c2cncc(C(=O)O)c2)nc1. The summed E-state index contributed by atoms with van der Waals surface area (Å²) >= 11 is 0. The van der Waals surface area contributed by atoms with Gasteiger partial charge in [0.25, 0.3) is 0 Å². The fraction of sp³-hybridized carbons (Fsp3) is 0.0833. The van der Waals surface area contributed by atoms with Crippen LogP contribution in [0.1, 0.15) is 15.9 Å². The molecule has 4 nitrogen and oxygen atoms in total. The third-order valence-corrected chi connectivity index (χ3v) is 2.19. The van der Waals surface area contributed by atoms with E-state index in [2.05, 4.69) is 9.97 Å². The molecule has 2 aromatic rings. The maximum absolute atomic E-state index is 10.8. The molecule has 2 heterocycles. The normalized spacial score (nSPS) is 10.1.